The maximum Gasteiger partial charge on any atom is 0.161 e. The van der Waals surface area contributed by atoms with Crippen molar-refractivity contribution in [3.05, 3.63) is 53.6 Å². The van der Waals surface area contributed by atoms with Gasteiger partial charge >= 0.3 is 0 Å². The quantitative estimate of drug-likeness (QED) is 0.468. The average molecular weight is 395 g/mol. The smallest absolute Gasteiger partial charge is 0.161 e. The highest BCUT2D eigenvalue weighted by atomic mass is 32.1. The second-order valence-corrected chi connectivity index (χ2v) is 7.26. The molecule has 144 valence electrons. The highest BCUT2D eigenvalue weighted by Gasteiger charge is 2.18. The Morgan fingerprint density at radius 2 is 1.93 bits per heavy atom. The van der Waals surface area contributed by atoms with Crippen LogP contribution in [0.5, 0.6) is 11.5 Å². The largest absolute Gasteiger partial charge is 0.493 e. The summed E-state index contributed by atoms with van der Waals surface area (Å²) in [5.41, 5.74) is 2.07. The molecule has 6 nitrogen and oxygen atoms in total. The molecule has 7 heteroatoms. The Balaban J connectivity index is 1.82. The zero-order chi connectivity index (χ0) is 19.7. The normalized spacial score (nSPS) is 12.1. The van der Waals surface area contributed by atoms with E-state index in [-0.39, 0.29) is 6.04 Å². The number of methoxy groups -OCH3 is 2. The Labute approximate surface area is 167 Å². The van der Waals surface area contributed by atoms with Gasteiger partial charge in [-0.05, 0) is 43.7 Å². The number of aryl methyl sites for hydroxylation is 1. The van der Waals surface area contributed by atoms with Gasteiger partial charge < -0.3 is 19.2 Å². The fourth-order valence-corrected chi connectivity index (χ4v) is 4.18. The van der Waals surface area contributed by atoms with E-state index < -0.39 is 0 Å². The molecule has 0 fully saturated rings. The molecular weight excluding hydrogens is 374 g/mol. The topological polar surface area (TPSA) is 69.4 Å². The third-order valence-electron chi connectivity index (χ3n) is 4.56. The fraction of sp³-hybridized carbons (Fsp3) is 0.238. The summed E-state index contributed by atoms with van der Waals surface area (Å²) in [5.74, 6) is 3.75. The summed E-state index contributed by atoms with van der Waals surface area (Å²) < 4.78 is 16.4. The molecule has 28 heavy (non-hydrogen) atoms. The van der Waals surface area contributed by atoms with Crippen LogP contribution in [0.2, 0.25) is 0 Å². The van der Waals surface area contributed by atoms with Gasteiger partial charge in [0, 0.05) is 10.9 Å². The van der Waals surface area contributed by atoms with E-state index in [1.165, 1.54) is 0 Å². The van der Waals surface area contributed by atoms with Crippen molar-refractivity contribution in [2.24, 2.45) is 0 Å². The van der Waals surface area contributed by atoms with Crippen molar-refractivity contribution in [2.45, 2.75) is 19.9 Å². The standard InChI is InChI=1S/C21H21N3O3S/c1-12(16-6-5-9-27-16)22-20-19-15(11-28-21(19)24-13(2)23-20)14-7-8-17(25-3)18(10-14)26-4/h5-12H,1-4H3,(H,22,23,24)/t12-/m0/s1. The van der Waals surface area contributed by atoms with Crippen molar-refractivity contribution in [1.82, 2.24) is 9.97 Å². The van der Waals surface area contributed by atoms with Gasteiger partial charge in [0.25, 0.3) is 0 Å². The summed E-state index contributed by atoms with van der Waals surface area (Å²) >= 11 is 1.60. The van der Waals surface area contributed by atoms with Crippen LogP contribution in [0.1, 0.15) is 24.6 Å². The number of ether oxygens (including phenoxy) is 2. The van der Waals surface area contributed by atoms with Gasteiger partial charge in [-0.2, -0.15) is 0 Å². The molecule has 1 atom stereocenters. The van der Waals surface area contributed by atoms with E-state index in [1.807, 2.05) is 44.2 Å². The lowest BCUT2D eigenvalue weighted by Gasteiger charge is -2.15. The Bertz CT molecular complexity index is 1110. The van der Waals surface area contributed by atoms with E-state index in [1.54, 1.807) is 31.8 Å². The SMILES string of the molecule is COc1ccc(-c2csc3nc(C)nc(N[C@@H](C)c4ccco4)c23)cc1OC. The van der Waals surface area contributed by atoms with Gasteiger partial charge in [0.05, 0.1) is 31.9 Å². The minimum atomic E-state index is -0.0225. The highest BCUT2D eigenvalue weighted by molar-refractivity contribution is 7.17. The second-order valence-electron chi connectivity index (χ2n) is 6.40. The molecule has 0 aliphatic heterocycles. The molecule has 1 aromatic carbocycles. The first-order valence-corrected chi connectivity index (χ1v) is 9.77. The number of furan rings is 1. The Hall–Kier alpha value is -3.06. The third kappa shape index (κ3) is 3.29. The zero-order valence-corrected chi connectivity index (χ0v) is 17.0. The number of rotatable bonds is 6. The number of aromatic nitrogens is 2. The van der Waals surface area contributed by atoms with E-state index in [2.05, 4.69) is 20.7 Å². The molecule has 4 aromatic rings. The van der Waals surface area contributed by atoms with Crippen molar-refractivity contribution in [3.8, 4) is 22.6 Å². The lowest BCUT2D eigenvalue weighted by atomic mass is 10.0. The monoisotopic (exact) mass is 395 g/mol. The minimum Gasteiger partial charge on any atom is -0.493 e. The molecular formula is C21H21N3O3S. The molecule has 3 aromatic heterocycles. The molecule has 3 heterocycles. The number of benzene rings is 1. The first-order chi connectivity index (χ1) is 13.6. The maximum absolute atomic E-state index is 5.53. The van der Waals surface area contributed by atoms with Crippen LogP contribution in [0, 0.1) is 6.92 Å². The number of thiophene rings is 1. The van der Waals surface area contributed by atoms with Crippen molar-refractivity contribution < 1.29 is 13.9 Å². The molecule has 0 radical (unpaired) electrons. The van der Waals surface area contributed by atoms with Crippen LogP contribution in [0.25, 0.3) is 21.3 Å². The maximum atomic E-state index is 5.53. The van der Waals surface area contributed by atoms with E-state index in [0.717, 1.165) is 38.7 Å². The molecule has 1 N–H and O–H groups in total. The average Bonchev–Trinajstić information content (AvgIpc) is 3.37. The van der Waals surface area contributed by atoms with Crippen LogP contribution in [-0.4, -0.2) is 24.2 Å². The number of nitrogens with zero attached hydrogens (tertiary/aromatic N) is 2. The van der Waals surface area contributed by atoms with Crippen molar-refractivity contribution in [3.63, 3.8) is 0 Å². The lowest BCUT2D eigenvalue weighted by Crippen LogP contribution is -2.08. The van der Waals surface area contributed by atoms with Crippen LogP contribution >= 0.6 is 11.3 Å². The number of fused-ring (bicyclic) bond motifs is 1. The van der Waals surface area contributed by atoms with Gasteiger partial charge in [-0.1, -0.05) is 6.07 Å². The molecule has 4 rings (SSSR count). The van der Waals surface area contributed by atoms with Crippen molar-refractivity contribution in [1.29, 1.82) is 0 Å². The van der Waals surface area contributed by atoms with Crippen molar-refractivity contribution in [2.75, 3.05) is 19.5 Å². The summed E-state index contributed by atoms with van der Waals surface area (Å²) in [6.45, 7) is 3.95. The molecule has 0 unspecified atom stereocenters. The number of nitrogens with one attached hydrogen (secondary N) is 1. The second kappa shape index (κ2) is 7.52. The molecule has 0 spiro atoms. The van der Waals surface area contributed by atoms with Gasteiger partial charge in [-0.25, -0.2) is 9.97 Å². The Kier molecular flexibility index (Phi) is 4.92. The van der Waals surface area contributed by atoms with Gasteiger partial charge in [0.15, 0.2) is 11.5 Å². The van der Waals surface area contributed by atoms with Crippen LogP contribution < -0.4 is 14.8 Å². The molecule has 0 aliphatic carbocycles. The van der Waals surface area contributed by atoms with Gasteiger partial charge in [0.1, 0.15) is 22.2 Å². The lowest BCUT2D eigenvalue weighted by molar-refractivity contribution is 0.355. The van der Waals surface area contributed by atoms with E-state index >= 15 is 0 Å². The molecule has 0 saturated carbocycles. The molecule has 0 amide bonds. The fourth-order valence-electron chi connectivity index (χ4n) is 3.18. The number of hydrogen-bond acceptors (Lipinski definition) is 7. The summed E-state index contributed by atoms with van der Waals surface area (Å²) in [6, 6.07) is 9.71. The van der Waals surface area contributed by atoms with E-state index in [0.29, 0.717) is 11.5 Å². The highest BCUT2D eigenvalue weighted by Crippen LogP contribution is 2.40. The van der Waals surface area contributed by atoms with E-state index in [4.69, 9.17) is 13.9 Å². The summed E-state index contributed by atoms with van der Waals surface area (Å²) in [4.78, 5) is 10.2. The van der Waals surface area contributed by atoms with Crippen LogP contribution in [0.4, 0.5) is 5.82 Å². The van der Waals surface area contributed by atoms with Gasteiger partial charge in [0.2, 0.25) is 0 Å². The Morgan fingerprint density at radius 1 is 1.11 bits per heavy atom. The van der Waals surface area contributed by atoms with Crippen LogP contribution in [0.3, 0.4) is 0 Å². The van der Waals surface area contributed by atoms with E-state index in [9.17, 15) is 0 Å². The summed E-state index contributed by atoms with van der Waals surface area (Å²) in [5, 5.41) is 6.57. The number of anilines is 1. The zero-order valence-electron chi connectivity index (χ0n) is 16.1. The molecule has 0 saturated heterocycles. The molecule has 0 aliphatic rings. The van der Waals surface area contributed by atoms with Gasteiger partial charge in [-0.15, -0.1) is 11.3 Å². The van der Waals surface area contributed by atoms with Gasteiger partial charge in [-0.3, -0.25) is 0 Å². The first kappa shape index (κ1) is 18.3. The Morgan fingerprint density at radius 3 is 2.64 bits per heavy atom. The van der Waals surface area contributed by atoms with Crippen molar-refractivity contribution >= 4 is 27.4 Å². The number of hydrogen-bond donors (Lipinski definition) is 1. The summed E-state index contributed by atoms with van der Waals surface area (Å²) in [7, 11) is 3.27. The predicted molar refractivity (Wildman–Crippen MR) is 111 cm³/mol. The van der Waals surface area contributed by atoms with Crippen LogP contribution in [-0.2, 0) is 0 Å². The predicted octanol–water partition coefficient (Wildman–Crippen LogP) is 5.45. The minimum absolute atomic E-state index is 0.0225. The molecule has 0 bridgehead atoms. The first-order valence-electron chi connectivity index (χ1n) is 8.89. The summed E-state index contributed by atoms with van der Waals surface area (Å²) in [6.07, 6.45) is 1.67. The van der Waals surface area contributed by atoms with Crippen LogP contribution in [0.15, 0.2) is 46.4 Å². The third-order valence-corrected chi connectivity index (χ3v) is 5.44.